The molecule has 2 nitrogen and oxygen atoms in total. The standard InChI is InChI=1S/C31H22N2/c1-21-29(23-13-6-3-7-14-23)33-30-27-18-9-8-15-26(27)20-28(31(30)32-21)25-17-10-16-24(19-25)22-11-4-2-5-12-22/h2-20H,1H3. The molecule has 0 amide bonds. The molecule has 1 aromatic heterocycles. The summed E-state index contributed by atoms with van der Waals surface area (Å²) in [6.45, 7) is 2.05. The third-order valence-corrected chi connectivity index (χ3v) is 6.17. The van der Waals surface area contributed by atoms with Gasteiger partial charge in [-0.25, -0.2) is 9.97 Å². The summed E-state index contributed by atoms with van der Waals surface area (Å²) < 4.78 is 0. The first-order valence-electron chi connectivity index (χ1n) is 11.2. The van der Waals surface area contributed by atoms with E-state index in [4.69, 9.17) is 9.97 Å². The minimum Gasteiger partial charge on any atom is -0.249 e. The van der Waals surface area contributed by atoms with Crippen LogP contribution in [-0.4, -0.2) is 9.97 Å². The second-order valence-corrected chi connectivity index (χ2v) is 8.31. The van der Waals surface area contributed by atoms with E-state index in [9.17, 15) is 0 Å². The largest absolute Gasteiger partial charge is 0.249 e. The molecule has 0 saturated carbocycles. The van der Waals surface area contributed by atoms with Gasteiger partial charge in [0, 0.05) is 16.5 Å². The van der Waals surface area contributed by atoms with Crippen LogP contribution in [0.2, 0.25) is 0 Å². The summed E-state index contributed by atoms with van der Waals surface area (Å²) in [6.07, 6.45) is 0. The van der Waals surface area contributed by atoms with Crippen LogP contribution in [0.15, 0.2) is 115 Å². The fourth-order valence-corrected chi connectivity index (χ4v) is 4.54. The van der Waals surface area contributed by atoms with Gasteiger partial charge < -0.3 is 0 Å². The summed E-state index contributed by atoms with van der Waals surface area (Å²) in [4.78, 5) is 10.3. The van der Waals surface area contributed by atoms with Gasteiger partial charge in [-0.15, -0.1) is 0 Å². The lowest BCUT2D eigenvalue weighted by Gasteiger charge is -2.14. The smallest absolute Gasteiger partial charge is 0.0979 e. The number of rotatable bonds is 3. The van der Waals surface area contributed by atoms with E-state index in [2.05, 4.69) is 91.0 Å². The minimum absolute atomic E-state index is 0.934. The molecule has 1 heterocycles. The Labute approximate surface area is 193 Å². The number of fused-ring (bicyclic) bond motifs is 3. The van der Waals surface area contributed by atoms with Crippen molar-refractivity contribution in [3.05, 3.63) is 121 Å². The predicted octanol–water partition coefficient (Wildman–Crippen LogP) is 8.09. The molecule has 0 saturated heterocycles. The Hall–Kier alpha value is -4.30. The first-order valence-corrected chi connectivity index (χ1v) is 11.2. The lowest BCUT2D eigenvalue weighted by atomic mass is 9.95. The van der Waals surface area contributed by atoms with E-state index in [0.29, 0.717) is 0 Å². The van der Waals surface area contributed by atoms with Crippen LogP contribution in [0.5, 0.6) is 0 Å². The number of aryl methyl sites for hydroxylation is 1. The summed E-state index contributed by atoms with van der Waals surface area (Å²) >= 11 is 0. The molecule has 0 aliphatic carbocycles. The van der Waals surface area contributed by atoms with E-state index in [-0.39, 0.29) is 0 Å². The molecule has 6 aromatic rings. The van der Waals surface area contributed by atoms with Crippen molar-refractivity contribution in [2.75, 3.05) is 0 Å². The molecule has 6 rings (SSSR count). The Morgan fingerprint density at radius 2 is 1.12 bits per heavy atom. The third-order valence-electron chi connectivity index (χ3n) is 6.17. The SMILES string of the molecule is Cc1nc2c(-c3cccc(-c4ccccc4)c3)cc3ccccc3c2nc1-c1ccccc1. The number of aromatic nitrogens is 2. The van der Waals surface area contributed by atoms with E-state index >= 15 is 0 Å². The predicted molar refractivity (Wildman–Crippen MR) is 138 cm³/mol. The number of hydrogen-bond donors (Lipinski definition) is 0. The van der Waals surface area contributed by atoms with Crippen molar-refractivity contribution in [3.63, 3.8) is 0 Å². The van der Waals surface area contributed by atoms with E-state index in [0.717, 1.165) is 44.5 Å². The molecule has 0 spiro atoms. The molecule has 156 valence electrons. The average Bonchev–Trinajstić information content (AvgIpc) is 2.89. The zero-order chi connectivity index (χ0) is 22.2. The van der Waals surface area contributed by atoms with Gasteiger partial charge in [-0.3, -0.25) is 0 Å². The maximum absolute atomic E-state index is 5.18. The van der Waals surface area contributed by atoms with Gasteiger partial charge in [0.1, 0.15) is 0 Å². The van der Waals surface area contributed by atoms with Crippen molar-refractivity contribution in [3.8, 4) is 33.5 Å². The van der Waals surface area contributed by atoms with Gasteiger partial charge in [0.05, 0.1) is 22.4 Å². The molecule has 5 aromatic carbocycles. The number of nitrogens with zero attached hydrogens (tertiary/aromatic N) is 2. The van der Waals surface area contributed by atoms with Crippen LogP contribution in [0.1, 0.15) is 5.69 Å². The summed E-state index contributed by atoms with van der Waals surface area (Å²) in [5.74, 6) is 0. The van der Waals surface area contributed by atoms with Crippen LogP contribution >= 0.6 is 0 Å². The maximum atomic E-state index is 5.18. The van der Waals surface area contributed by atoms with Crippen LogP contribution < -0.4 is 0 Å². The molecule has 0 atom stereocenters. The minimum atomic E-state index is 0.934. The quantitative estimate of drug-likeness (QED) is 0.269. The van der Waals surface area contributed by atoms with Crippen molar-refractivity contribution in [1.29, 1.82) is 0 Å². The zero-order valence-electron chi connectivity index (χ0n) is 18.4. The van der Waals surface area contributed by atoms with Crippen molar-refractivity contribution < 1.29 is 0 Å². The summed E-state index contributed by atoms with van der Waals surface area (Å²) in [5.41, 5.74) is 9.50. The second-order valence-electron chi connectivity index (χ2n) is 8.31. The highest BCUT2D eigenvalue weighted by atomic mass is 14.8. The summed E-state index contributed by atoms with van der Waals surface area (Å²) in [6, 6.07) is 40.2. The molecule has 0 bridgehead atoms. The van der Waals surface area contributed by atoms with Crippen LogP contribution in [-0.2, 0) is 0 Å². The van der Waals surface area contributed by atoms with Gasteiger partial charge >= 0.3 is 0 Å². The molecule has 0 aliphatic heterocycles. The molecule has 2 heteroatoms. The first-order chi connectivity index (χ1) is 16.3. The lowest BCUT2D eigenvalue weighted by Crippen LogP contribution is -1.97. The topological polar surface area (TPSA) is 25.8 Å². The normalized spacial score (nSPS) is 11.2. The van der Waals surface area contributed by atoms with Crippen LogP contribution in [0.25, 0.3) is 55.3 Å². The molecule has 0 unspecified atom stereocenters. The number of hydrogen-bond acceptors (Lipinski definition) is 2. The van der Waals surface area contributed by atoms with E-state index in [1.807, 2.05) is 31.2 Å². The molecule has 0 fully saturated rings. The highest BCUT2D eigenvalue weighted by Crippen LogP contribution is 2.36. The Kier molecular flexibility index (Phi) is 4.70. The van der Waals surface area contributed by atoms with Crippen LogP contribution in [0.3, 0.4) is 0 Å². The van der Waals surface area contributed by atoms with Crippen LogP contribution in [0.4, 0.5) is 0 Å². The lowest BCUT2D eigenvalue weighted by molar-refractivity contribution is 1.19. The molecule has 0 radical (unpaired) electrons. The Bertz CT molecular complexity index is 1600. The highest BCUT2D eigenvalue weighted by molar-refractivity contribution is 6.11. The summed E-state index contributed by atoms with van der Waals surface area (Å²) in [5, 5.41) is 2.29. The number of benzene rings is 5. The first kappa shape index (κ1) is 19.4. The maximum Gasteiger partial charge on any atom is 0.0979 e. The third kappa shape index (κ3) is 3.46. The fourth-order valence-electron chi connectivity index (χ4n) is 4.54. The monoisotopic (exact) mass is 422 g/mol. The van der Waals surface area contributed by atoms with E-state index < -0.39 is 0 Å². The van der Waals surface area contributed by atoms with Gasteiger partial charge in [0.15, 0.2) is 0 Å². The van der Waals surface area contributed by atoms with E-state index in [1.165, 1.54) is 16.5 Å². The molecule has 0 N–H and O–H groups in total. The van der Waals surface area contributed by atoms with Crippen LogP contribution in [0, 0.1) is 6.92 Å². The van der Waals surface area contributed by atoms with Gasteiger partial charge in [-0.05, 0) is 41.1 Å². The van der Waals surface area contributed by atoms with E-state index in [1.54, 1.807) is 0 Å². The Morgan fingerprint density at radius 3 is 1.91 bits per heavy atom. The highest BCUT2D eigenvalue weighted by Gasteiger charge is 2.15. The summed E-state index contributed by atoms with van der Waals surface area (Å²) in [7, 11) is 0. The average molecular weight is 423 g/mol. The Morgan fingerprint density at radius 1 is 0.485 bits per heavy atom. The molecule has 33 heavy (non-hydrogen) atoms. The van der Waals surface area contributed by atoms with Crippen molar-refractivity contribution >= 4 is 21.8 Å². The molecule has 0 aliphatic rings. The van der Waals surface area contributed by atoms with Crippen molar-refractivity contribution in [2.24, 2.45) is 0 Å². The van der Waals surface area contributed by atoms with Crippen molar-refractivity contribution in [2.45, 2.75) is 6.92 Å². The van der Waals surface area contributed by atoms with Gasteiger partial charge in [0.2, 0.25) is 0 Å². The zero-order valence-corrected chi connectivity index (χ0v) is 18.4. The van der Waals surface area contributed by atoms with Gasteiger partial charge in [-0.2, -0.15) is 0 Å². The second kappa shape index (κ2) is 7.99. The fraction of sp³-hybridized carbons (Fsp3) is 0.0323. The molecular weight excluding hydrogens is 400 g/mol. The molecular formula is C31H22N2. The van der Waals surface area contributed by atoms with Crippen molar-refractivity contribution in [1.82, 2.24) is 9.97 Å². The van der Waals surface area contributed by atoms with Gasteiger partial charge in [0.25, 0.3) is 0 Å². The van der Waals surface area contributed by atoms with Gasteiger partial charge in [-0.1, -0.05) is 103 Å². The Balaban J connectivity index is 1.64.